The number of nitrogens with zero attached hydrogens (tertiary/aromatic N) is 3. The number of anilines is 1. The van der Waals surface area contributed by atoms with Crippen molar-refractivity contribution >= 4 is 34.1 Å². The number of benzene rings is 1. The first-order valence-electron chi connectivity index (χ1n) is 8.53. The summed E-state index contributed by atoms with van der Waals surface area (Å²) in [6.07, 6.45) is 3.30. The highest BCUT2D eigenvalue weighted by Crippen LogP contribution is 2.30. The van der Waals surface area contributed by atoms with Crippen LogP contribution >= 0.6 is 11.6 Å². The van der Waals surface area contributed by atoms with Gasteiger partial charge in [-0.1, -0.05) is 25.4 Å². The Bertz CT molecular complexity index is 835. The minimum atomic E-state index is 0.0287. The summed E-state index contributed by atoms with van der Waals surface area (Å²) in [5.74, 6) is 0.235. The fourth-order valence-corrected chi connectivity index (χ4v) is 3.39. The first kappa shape index (κ1) is 17.5. The standard InChI is InChI=1S/C19H21ClN4O/c1-12(2)19(25)24-7-5-15(6-8-24)23-18-13(10-21)11-22-17-4-3-14(20)9-16(17)18/h3-4,9,11-12,15H,5-8H2,1-2H3,(H,22,23). The third kappa shape index (κ3) is 3.69. The van der Waals surface area contributed by atoms with Crippen molar-refractivity contribution in [2.75, 3.05) is 18.4 Å². The maximum Gasteiger partial charge on any atom is 0.225 e. The van der Waals surface area contributed by atoms with Crippen molar-refractivity contribution < 1.29 is 4.79 Å². The molecule has 0 atom stereocenters. The summed E-state index contributed by atoms with van der Waals surface area (Å²) < 4.78 is 0. The number of hydrogen-bond acceptors (Lipinski definition) is 4. The number of fused-ring (bicyclic) bond motifs is 1. The van der Waals surface area contributed by atoms with Gasteiger partial charge in [0.25, 0.3) is 0 Å². The molecule has 0 radical (unpaired) electrons. The lowest BCUT2D eigenvalue weighted by Crippen LogP contribution is -2.44. The molecule has 1 N–H and O–H groups in total. The van der Waals surface area contributed by atoms with Crippen LogP contribution in [0.25, 0.3) is 10.9 Å². The number of pyridine rings is 1. The summed E-state index contributed by atoms with van der Waals surface area (Å²) in [7, 11) is 0. The van der Waals surface area contributed by atoms with E-state index in [1.807, 2.05) is 30.9 Å². The van der Waals surface area contributed by atoms with Gasteiger partial charge in [-0.25, -0.2) is 0 Å². The number of halogens is 1. The topological polar surface area (TPSA) is 69.0 Å². The van der Waals surface area contributed by atoms with Crippen LogP contribution in [-0.2, 0) is 4.79 Å². The van der Waals surface area contributed by atoms with Crippen LogP contribution in [0.5, 0.6) is 0 Å². The second kappa shape index (κ2) is 7.28. The summed E-state index contributed by atoms with van der Waals surface area (Å²) >= 11 is 6.13. The monoisotopic (exact) mass is 356 g/mol. The van der Waals surface area contributed by atoms with Crippen molar-refractivity contribution in [3.8, 4) is 6.07 Å². The molecule has 2 aromatic rings. The summed E-state index contributed by atoms with van der Waals surface area (Å²) in [6.45, 7) is 5.33. The van der Waals surface area contributed by atoms with Crippen molar-refractivity contribution in [3.63, 3.8) is 0 Å². The van der Waals surface area contributed by atoms with E-state index in [0.717, 1.165) is 42.5 Å². The molecule has 130 valence electrons. The van der Waals surface area contributed by atoms with Gasteiger partial charge in [-0.05, 0) is 31.0 Å². The van der Waals surface area contributed by atoms with Crippen molar-refractivity contribution in [3.05, 3.63) is 35.0 Å². The Morgan fingerprint density at radius 3 is 2.76 bits per heavy atom. The second-order valence-corrected chi connectivity index (χ2v) is 7.16. The van der Waals surface area contributed by atoms with E-state index < -0.39 is 0 Å². The largest absolute Gasteiger partial charge is 0.381 e. The summed E-state index contributed by atoms with van der Waals surface area (Å²) in [6, 6.07) is 7.91. The number of likely N-dealkylation sites (tertiary alicyclic amines) is 1. The molecule has 0 aliphatic carbocycles. The number of hydrogen-bond donors (Lipinski definition) is 1. The number of nitrogens with one attached hydrogen (secondary N) is 1. The lowest BCUT2D eigenvalue weighted by Gasteiger charge is -2.34. The van der Waals surface area contributed by atoms with E-state index in [0.29, 0.717) is 10.6 Å². The number of amides is 1. The van der Waals surface area contributed by atoms with Crippen LogP contribution in [0.15, 0.2) is 24.4 Å². The quantitative estimate of drug-likeness (QED) is 0.907. The molecule has 3 rings (SSSR count). The van der Waals surface area contributed by atoms with Gasteiger partial charge in [0, 0.05) is 41.7 Å². The van der Waals surface area contributed by atoms with Crippen LogP contribution in [-0.4, -0.2) is 34.9 Å². The van der Waals surface area contributed by atoms with Crippen molar-refractivity contribution in [2.45, 2.75) is 32.7 Å². The molecule has 0 bridgehead atoms. The zero-order valence-corrected chi connectivity index (χ0v) is 15.2. The van der Waals surface area contributed by atoms with Crippen LogP contribution in [0.3, 0.4) is 0 Å². The van der Waals surface area contributed by atoms with Gasteiger partial charge in [-0.2, -0.15) is 5.26 Å². The molecule has 1 fully saturated rings. The van der Waals surface area contributed by atoms with Crippen molar-refractivity contribution in [2.24, 2.45) is 5.92 Å². The van der Waals surface area contributed by atoms with Gasteiger partial charge < -0.3 is 10.2 Å². The van der Waals surface area contributed by atoms with Crippen molar-refractivity contribution in [1.82, 2.24) is 9.88 Å². The fraction of sp³-hybridized carbons (Fsp3) is 0.421. The molecule has 0 spiro atoms. The molecular formula is C19H21ClN4O. The molecule has 0 saturated carbocycles. The first-order chi connectivity index (χ1) is 12.0. The molecule has 1 aliphatic heterocycles. The SMILES string of the molecule is CC(C)C(=O)N1CCC(Nc2c(C#N)cnc3ccc(Cl)cc23)CC1. The summed E-state index contributed by atoms with van der Waals surface area (Å²) in [5, 5.41) is 14.4. The smallest absolute Gasteiger partial charge is 0.225 e. The minimum Gasteiger partial charge on any atom is -0.381 e. The van der Waals surface area contributed by atoms with Gasteiger partial charge in [-0.3, -0.25) is 9.78 Å². The predicted octanol–water partition coefficient (Wildman–Crippen LogP) is 3.82. The van der Waals surface area contributed by atoms with E-state index in [9.17, 15) is 10.1 Å². The molecule has 2 heterocycles. The number of aromatic nitrogens is 1. The highest BCUT2D eigenvalue weighted by atomic mass is 35.5. The molecule has 1 aromatic heterocycles. The Morgan fingerprint density at radius 1 is 1.40 bits per heavy atom. The molecular weight excluding hydrogens is 336 g/mol. The van der Waals surface area contributed by atoms with Gasteiger partial charge in [-0.15, -0.1) is 0 Å². The van der Waals surface area contributed by atoms with Gasteiger partial charge in [0.1, 0.15) is 6.07 Å². The van der Waals surface area contributed by atoms with Gasteiger partial charge in [0.15, 0.2) is 0 Å². The molecule has 0 unspecified atom stereocenters. The third-order valence-electron chi connectivity index (χ3n) is 4.60. The molecule has 5 nitrogen and oxygen atoms in total. The predicted molar refractivity (Wildman–Crippen MR) is 99.5 cm³/mol. The number of carbonyl (C=O) groups excluding carboxylic acids is 1. The average Bonchev–Trinajstić information content (AvgIpc) is 2.62. The fourth-order valence-electron chi connectivity index (χ4n) is 3.22. The molecule has 6 heteroatoms. The summed E-state index contributed by atoms with van der Waals surface area (Å²) in [4.78, 5) is 18.4. The minimum absolute atomic E-state index is 0.0287. The highest BCUT2D eigenvalue weighted by molar-refractivity contribution is 6.31. The summed E-state index contributed by atoms with van der Waals surface area (Å²) in [5.41, 5.74) is 2.09. The van der Waals surface area contributed by atoms with Gasteiger partial charge >= 0.3 is 0 Å². The Labute approximate surface area is 152 Å². The van der Waals surface area contributed by atoms with Crippen LogP contribution in [0.1, 0.15) is 32.3 Å². The molecule has 1 amide bonds. The second-order valence-electron chi connectivity index (χ2n) is 6.72. The molecule has 1 saturated heterocycles. The molecule has 25 heavy (non-hydrogen) atoms. The van der Waals surface area contributed by atoms with Crippen molar-refractivity contribution in [1.29, 1.82) is 5.26 Å². The highest BCUT2D eigenvalue weighted by Gasteiger charge is 2.25. The zero-order valence-electron chi connectivity index (χ0n) is 14.4. The Hall–Kier alpha value is -2.32. The normalized spacial score (nSPS) is 15.4. The van der Waals surface area contributed by atoms with E-state index in [2.05, 4.69) is 16.4 Å². The van der Waals surface area contributed by atoms with Crippen LogP contribution < -0.4 is 5.32 Å². The molecule has 1 aliphatic rings. The zero-order chi connectivity index (χ0) is 18.0. The van der Waals surface area contributed by atoms with Crippen LogP contribution in [0.4, 0.5) is 5.69 Å². The Morgan fingerprint density at radius 2 is 2.12 bits per heavy atom. The lowest BCUT2D eigenvalue weighted by molar-refractivity contribution is -0.135. The number of piperidine rings is 1. The Balaban J connectivity index is 1.81. The van der Waals surface area contributed by atoms with Gasteiger partial charge in [0.2, 0.25) is 5.91 Å². The van der Waals surface area contributed by atoms with Crippen LogP contribution in [0.2, 0.25) is 5.02 Å². The van der Waals surface area contributed by atoms with E-state index in [-0.39, 0.29) is 17.9 Å². The third-order valence-corrected chi connectivity index (χ3v) is 4.83. The maximum absolute atomic E-state index is 12.1. The van der Waals surface area contributed by atoms with E-state index in [4.69, 9.17) is 11.6 Å². The molecule has 1 aromatic carbocycles. The first-order valence-corrected chi connectivity index (χ1v) is 8.91. The van der Waals surface area contributed by atoms with E-state index >= 15 is 0 Å². The maximum atomic E-state index is 12.1. The number of carbonyl (C=O) groups is 1. The number of nitriles is 1. The van der Waals surface area contributed by atoms with Crippen LogP contribution in [0, 0.1) is 17.2 Å². The van der Waals surface area contributed by atoms with Gasteiger partial charge in [0.05, 0.1) is 16.8 Å². The van der Waals surface area contributed by atoms with E-state index in [1.165, 1.54) is 0 Å². The average molecular weight is 357 g/mol. The Kier molecular flexibility index (Phi) is 5.10. The van der Waals surface area contributed by atoms with E-state index in [1.54, 1.807) is 12.3 Å². The lowest BCUT2D eigenvalue weighted by atomic mass is 10.0. The number of rotatable bonds is 3.